The van der Waals surface area contributed by atoms with E-state index >= 15 is 0 Å². The van der Waals surface area contributed by atoms with Crippen LogP contribution in [0.2, 0.25) is 5.31 Å². The summed E-state index contributed by atoms with van der Waals surface area (Å²) < 4.78 is 43.6. The number of nitrogens with zero attached hydrogens (tertiary/aromatic N) is 2. The van der Waals surface area contributed by atoms with Gasteiger partial charge in [0.2, 0.25) is 0 Å². The molecule has 2 aromatic rings. The molecule has 10 heteroatoms. The fraction of sp³-hybridized carbons (Fsp3) is 0.591. The molecule has 0 atom stereocenters. The van der Waals surface area contributed by atoms with Crippen molar-refractivity contribution in [2.24, 2.45) is 5.14 Å². The number of benzene rings is 1. The minimum absolute atomic E-state index is 0.0956. The van der Waals surface area contributed by atoms with Crippen LogP contribution in [0, 0.1) is 0 Å². The van der Waals surface area contributed by atoms with Gasteiger partial charge in [-0.2, -0.15) is 5.10 Å². The molecule has 1 fully saturated rings. The smallest absolute Gasteiger partial charge is 0.464 e. The zero-order valence-corrected chi connectivity index (χ0v) is 20.8. The lowest BCUT2D eigenvalue weighted by Gasteiger charge is -2.32. The molecule has 0 radical (unpaired) electrons. The first-order chi connectivity index (χ1) is 14.6. The van der Waals surface area contributed by atoms with Gasteiger partial charge in [-0.05, 0) is 51.8 Å². The van der Waals surface area contributed by atoms with Gasteiger partial charge in [0.1, 0.15) is 5.75 Å². The number of rotatable bonds is 8. The highest BCUT2D eigenvalue weighted by atomic mass is 32.2. The highest BCUT2D eigenvalue weighted by Gasteiger charge is 2.56. The maximum absolute atomic E-state index is 12.2. The summed E-state index contributed by atoms with van der Waals surface area (Å²) in [7, 11) is -2.73. The van der Waals surface area contributed by atoms with E-state index in [0.29, 0.717) is 24.9 Å². The Morgan fingerprint density at radius 1 is 1.12 bits per heavy atom. The molecule has 1 aliphatic heterocycles. The highest BCUT2D eigenvalue weighted by molar-refractivity contribution is 7.89. The van der Waals surface area contributed by atoms with E-state index in [1.807, 2.05) is 52.0 Å². The molecule has 0 amide bonds. The molecule has 2 heterocycles. The van der Waals surface area contributed by atoms with Gasteiger partial charge in [0.25, 0.3) is 10.0 Å². The molecule has 1 aliphatic rings. The van der Waals surface area contributed by atoms with Crippen LogP contribution in [-0.4, -0.2) is 43.6 Å². The van der Waals surface area contributed by atoms with E-state index in [1.54, 1.807) is 18.0 Å². The second kappa shape index (κ2) is 8.48. The average Bonchev–Trinajstić information content (AvgIpc) is 3.18. The number of ether oxygens (including phenoxy) is 1. The first-order valence-electron chi connectivity index (χ1n) is 10.7. The lowest BCUT2D eigenvalue weighted by Crippen LogP contribution is -2.41. The predicted molar refractivity (Wildman–Crippen MR) is 124 cm³/mol. The number of hydrogen-bond acceptors (Lipinski definition) is 6. The normalized spacial score (nSPS) is 18.2. The van der Waals surface area contributed by atoms with Crippen LogP contribution in [-0.2, 0) is 32.3 Å². The Hall–Kier alpha value is -1.88. The van der Waals surface area contributed by atoms with Crippen LogP contribution >= 0.6 is 0 Å². The third-order valence-corrected chi connectivity index (χ3v) is 7.38. The van der Waals surface area contributed by atoms with Gasteiger partial charge in [0.15, 0.2) is 5.03 Å². The van der Waals surface area contributed by atoms with Crippen LogP contribution in [0.25, 0.3) is 0 Å². The first-order valence-corrected chi connectivity index (χ1v) is 12.3. The van der Waals surface area contributed by atoms with Gasteiger partial charge in [-0.25, -0.2) is 13.6 Å². The van der Waals surface area contributed by atoms with Crippen LogP contribution in [0.1, 0.15) is 59.1 Å². The Kier molecular flexibility index (Phi) is 6.56. The maximum atomic E-state index is 12.2. The third kappa shape index (κ3) is 5.19. The SMILES string of the molecule is COc1ccc(Cc2cn(CCC(C)(C)B3OC(C)(C)C(C)(C)O3)nc2S(N)(=O)=O)cc1. The van der Waals surface area contributed by atoms with E-state index in [1.165, 1.54) is 0 Å². The largest absolute Gasteiger partial charge is 0.497 e. The van der Waals surface area contributed by atoms with Crippen molar-refractivity contribution in [3.63, 3.8) is 0 Å². The minimum Gasteiger partial charge on any atom is -0.497 e. The number of aryl methyl sites for hydroxylation is 1. The number of hydrogen-bond donors (Lipinski definition) is 1. The van der Waals surface area contributed by atoms with Gasteiger partial charge < -0.3 is 14.0 Å². The molecule has 2 N–H and O–H groups in total. The molecule has 8 nitrogen and oxygen atoms in total. The molecule has 0 aliphatic carbocycles. The summed E-state index contributed by atoms with van der Waals surface area (Å²) >= 11 is 0. The summed E-state index contributed by atoms with van der Waals surface area (Å²) in [6.07, 6.45) is 2.83. The van der Waals surface area contributed by atoms with E-state index in [4.69, 9.17) is 19.2 Å². The van der Waals surface area contributed by atoms with Crippen molar-refractivity contribution in [3.8, 4) is 5.75 Å². The van der Waals surface area contributed by atoms with Crippen molar-refractivity contribution in [3.05, 3.63) is 41.6 Å². The Morgan fingerprint density at radius 3 is 2.19 bits per heavy atom. The summed E-state index contributed by atoms with van der Waals surface area (Å²) in [5.74, 6) is 0.737. The topological polar surface area (TPSA) is 106 Å². The highest BCUT2D eigenvalue weighted by Crippen LogP contribution is 2.46. The number of primary sulfonamides is 1. The number of aromatic nitrogens is 2. The number of nitrogens with two attached hydrogens (primary N) is 1. The van der Waals surface area contributed by atoms with Gasteiger partial charge in [0.05, 0.1) is 18.3 Å². The fourth-order valence-corrected chi connectivity index (χ4v) is 4.28. The summed E-state index contributed by atoms with van der Waals surface area (Å²) in [4.78, 5) is 0. The lowest BCUT2D eigenvalue weighted by molar-refractivity contribution is 0.00578. The quantitative estimate of drug-likeness (QED) is 0.602. The van der Waals surface area contributed by atoms with E-state index in [2.05, 4.69) is 18.9 Å². The summed E-state index contributed by atoms with van der Waals surface area (Å²) in [5.41, 5.74) is 0.679. The molecule has 0 bridgehead atoms. The molecule has 1 aromatic heterocycles. The van der Waals surface area contributed by atoms with Crippen LogP contribution < -0.4 is 9.88 Å². The Bertz CT molecular complexity index is 1050. The summed E-state index contributed by atoms with van der Waals surface area (Å²) in [5, 5.41) is 9.34. The van der Waals surface area contributed by atoms with Crippen molar-refractivity contribution >= 4 is 17.1 Å². The molecule has 0 unspecified atom stereocenters. The summed E-state index contributed by atoms with van der Waals surface area (Å²) in [6.45, 7) is 12.8. The van der Waals surface area contributed by atoms with E-state index in [-0.39, 0.29) is 17.5 Å². The second-order valence-corrected chi connectivity index (χ2v) is 11.6. The lowest BCUT2D eigenvalue weighted by atomic mass is 9.58. The van der Waals surface area contributed by atoms with Crippen molar-refractivity contribution < 1.29 is 22.5 Å². The van der Waals surface area contributed by atoms with Crippen LogP contribution in [0.4, 0.5) is 0 Å². The average molecular weight is 463 g/mol. The second-order valence-electron chi connectivity index (χ2n) is 10.1. The number of sulfonamides is 1. The van der Waals surface area contributed by atoms with Gasteiger partial charge >= 0.3 is 7.12 Å². The molecule has 176 valence electrons. The third-order valence-electron chi connectivity index (χ3n) is 6.50. The van der Waals surface area contributed by atoms with Crippen molar-refractivity contribution in [1.29, 1.82) is 0 Å². The van der Waals surface area contributed by atoms with E-state index in [9.17, 15) is 8.42 Å². The molecular formula is C22H34BN3O5S. The van der Waals surface area contributed by atoms with E-state index < -0.39 is 21.2 Å². The molecule has 1 aromatic carbocycles. The summed E-state index contributed by atoms with van der Waals surface area (Å²) in [6, 6.07) is 7.46. The van der Waals surface area contributed by atoms with Gasteiger partial charge in [-0.3, -0.25) is 4.68 Å². The minimum atomic E-state index is -3.95. The molecule has 0 saturated carbocycles. The number of methoxy groups -OCH3 is 1. The fourth-order valence-electron chi connectivity index (χ4n) is 3.57. The van der Waals surface area contributed by atoms with Crippen molar-refractivity contribution in [2.45, 2.75) is 82.5 Å². The zero-order valence-electron chi connectivity index (χ0n) is 20.0. The Morgan fingerprint density at radius 2 is 1.69 bits per heavy atom. The first kappa shape index (κ1) is 24.8. The predicted octanol–water partition coefficient (Wildman–Crippen LogP) is 3.39. The molecule has 1 saturated heterocycles. The van der Waals surface area contributed by atoms with Gasteiger partial charge in [0, 0.05) is 30.0 Å². The monoisotopic (exact) mass is 463 g/mol. The van der Waals surface area contributed by atoms with Crippen molar-refractivity contribution in [1.82, 2.24) is 9.78 Å². The molecule has 0 spiro atoms. The Labute approximate surface area is 191 Å². The van der Waals surface area contributed by atoms with Crippen LogP contribution in [0.15, 0.2) is 35.5 Å². The molecule has 32 heavy (non-hydrogen) atoms. The maximum Gasteiger partial charge on any atom is 0.464 e. The van der Waals surface area contributed by atoms with E-state index in [0.717, 1.165) is 11.3 Å². The van der Waals surface area contributed by atoms with Crippen LogP contribution in [0.5, 0.6) is 5.75 Å². The Balaban J connectivity index is 1.77. The van der Waals surface area contributed by atoms with Crippen LogP contribution in [0.3, 0.4) is 0 Å². The van der Waals surface area contributed by atoms with Gasteiger partial charge in [-0.1, -0.05) is 26.0 Å². The molecule has 3 rings (SSSR count). The zero-order chi connectivity index (χ0) is 23.9. The molecular weight excluding hydrogens is 429 g/mol. The van der Waals surface area contributed by atoms with Gasteiger partial charge in [-0.15, -0.1) is 0 Å². The van der Waals surface area contributed by atoms with Crippen molar-refractivity contribution in [2.75, 3.05) is 7.11 Å². The standard InChI is InChI=1S/C22H34BN3O5S/c1-20(2,23-30-21(3,4)22(5,6)31-23)12-13-26-15-17(19(25-26)32(24,27)28)14-16-8-10-18(29-7)11-9-16/h8-11,15H,12-14H2,1-7H3,(H2,24,27,28).